The van der Waals surface area contributed by atoms with Crippen molar-refractivity contribution in [2.24, 2.45) is 0 Å². The number of H-pyrrole nitrogens is 1. The molecular weight excluding hydrogens is 164 g/mol. The van der Waals surface area contributed by atoms with Crippen molar-refractivity contribution in [3.63, 3.8) is 0 Å². The van der Waals surface area contributed by atoms with Crippen LogP contribution in [0.25, 0.3) is 0 Å². The van der Waals surface area contributed by atoms with Crippen molar-refractivity contribution in [3.05, 3.63) is 10.6 Å². The third-order valence-electron chi connectivity index (χ3n) is 1.25. The zero-order chi connectivity index (χ0) is 8.65. The average Bonchev–Trinajstić information content (AvgIpc) is 2.11. The second kappa shape index (κ2) is 2.31. The first-order chi connectivity index (χ1) is 4.93. The normalized spacial score (nSPS) is 11.9. The standard InChI is InChI=1S/C5H10N4OS/c1-5(2,10)3-7-8-4(11)9(3)6/h10H,6H2,1-2H3,(H,8,11). The van der Waals surface area contributed by atoms with E-state index >= 15 is 0 Å². The molecule has 5 nitrogen and oxygen atoms in total. The summed E-state index contributed by atoms with van der Waals surface area (Å²) in [5.41, 5.74) is -1.07. The zero-order valence-corrected chi connectivity index (χ0v) is 7.14. The first kappa shape index (κ1) is 8.22. The van der Waals surface area contributed by atoms with Gasteiger partial charge in [-0.15, -0.1) is 0 Å². The van der Waals surface area contributed by atoms with E-state index in [1.165, 1.54) is 0 Å². The number of nitrogens with zero attached hydrogens (tertiary/aromatic N) is 2. The Kier molecular flexibility index (Phi) is 1.73. The summed E-state index contributed by atoms with van der Waals surface area (Å²) in [6.07, 6.45) is 0. The van der Waals surface area contributed by atoms with Crippen LogP contribution in [0.3, 0.4) is 0 Å². The fraction of sp³-hybridized carbons (Fsp3) is 0.600. The molecule has 0 radical (unpaired) electrons. The van der Waals surface area contributed by atoms with Gasteiger partial charge in [0.05, 0.1) is 0 Å². The number of aromatic amines is 1. The van der Waals surface area contributed by atoms with E-state index in [9.17, 15) is 5.11 Å². The predicted octanol–water partition coefficient (Wildman–Crippen LogP) is -0.118. The van der Waals surface area contributed by atoms with Gasteiger partial charge in [-0.3, -0.25) is 5.10 Å². The monoisotopic (exact) mass is 174 g/mol. The molecule has 0 aliphatic heterocycles. The minimum absolute atomic E-state index is 0.294. The molecule has 0 fully saturated rings. The number of nitrogen functional groups attached to an aromatic ring is 1. The van der Waals surface area contributed by atoms with Crippen molar-refractivity contribution < 1.29 is 5.11 Å². The molecule has 0 saturated heterocycles. The molecule has 0 aliphatic rings. The molecule has 1 aromatic heterocycles. The van der Waals surface area contributed by atoms with Crippen LogP contribution < -0.4 is 5.84 Å². The third-order valence-corrected chi connectivity index (χ3v) is 1.54. The molecule has 4 N–H and O–H groups in total. The molecule has 0 bridgehead atoms. The first-order valence-corrected chi connectivity index (χ1v) is 3.49. The Morgan fingerprint density at radius 3 is 2.45 bits per heavy atom. The quantitative estimate of drug-likeness (QED) is 0.409. The van der Waals surface area contributed by atoms with Gasteiger partial charge in [0.1, 0.15) is 5.60 Å². The highest BCUT2D eigenvalue weighted by Gasteiger charge is 2.22. The SMILES string of the molecule is CC(C)(O)c1n[nH]c(=S)n1N. The second-order valence-electron chi connectivity index (χ2n) is 2.78. The van der Waals surface area contributed by atoms with Crippen molar-refractivity contribution in [1.82, 2.24) is 14.9 Å². The highest BCUT2D eigenvalue weighted by molar-refractivity contribution is 7.71. The molecule has 0 aliphatic carbocycles. The van der Waals surface area contributed by atoms with Crippen LogP contribution in [0.1, 0.15) is 19.7 Å². The summed E-state index contributed by atoms with van der Waals surface area (Å²) in [5, 5.41) is 15.7. The topological polar surface area (TPSA) is 79.9 Å². The van der Waals surface area contributed by atoms with E-state index in [-0.39, 0.29) is 0 Å². The first-order valence-electron chi connectivity index (χ1n) is 3.08. The summed E-state index contributed by atoms with van der Waals surface area (Å²) >= 11 is 4.75. The molecule has 0 saturated carbocycles. The van der Waals surface area contributed by atoms with Crippen LogP contribution in [0.4, 0.5) is 0 Å². The molecule has 0 amide bonds. The van der Waals surface area contributed by atoms with Gasteiger partial charge >= 0.3 is 0 Å². The minimum Gasteiger partial charge on any atom is -0.382 e. The number of aromatic nitrogens is 3. The largest absolute Gasteiger partial charge is 0.382 e. The fourth-order valence-corrected chi connectivity index (χ4v) is 0.868. The van der Waals surface area contributed by atoms with E-state index in [0.29, 0.717) is 10.6 Å². The highest BCUT2D eigenvalue weighted by Crippen LogP contribution is 2.14. The number of nitrogens with one attached hydrogen (secondary N) is 1. The van der Waals surface area contributed by atoms with Gasteiger partial charge in [0.2, 0.25) is 4.77 Å². The van der Waals surface area contributed by atoms with Gasteiger partial charge < -0.3 is 10.9 Å². The molecule has 0 aromatic carbocycles. The van der Waals surface area contributed by atoms with Crippen molar-refractivity contribution in [2.75, 3.05) is 5.84 Å². The minimum atomic E-state index is -1.07. The van der Waals surface area contributed by atoms with E-state index in [2.05, 4.69) is 10.2 Å². The lowest BCUT2D eigenvalue weighted by Crippen LogP contribution is -2.25. The number of aliphatic hydroxyl groups is 1. The van der Waals surface area contributed by atoms with Crippen LogP contribution in [0.5, 0.6) is 0 Å². The maximum atomic E-state index is 9.45. The Labute approximate surface area is 68.8 Å². The molecule has 0 atom stereocenters. The maximum absolute atomic E-state index is 9.45. The van der Waals surface area contributed by atoms with Crippen molar-refractivity contribution in [1.29, 1.82) is 0 Å². The van der Waals surface area contributed by atoms with E-state index < -0.39 is 5.60 Å². The molecule has 1 rings (SSSR count). The van der Waals surface area contributed by atoms with Gasteiger partial charge in [-0.05, 0) is 26.1 Å². The fourth-order valence-electron chi connectivity index (χ4n) is 0.736. The van der Waals surface area contributed by atoms with Crippen LogP contribution in [-0.4, -0.2) is 20.0 Å². The Bertz CT molecular complexity index is 307. The van der Waals surface area contributed by atoms with E-state index in [0.717, 1.165) is 4.68 Å². The third kappa shape index (κ3) is 1.41. The summed E-state index contributed by atoms with van der Waals surface area (Å²) in [5.74, 6) is 5.77. The Morgan fingerprint density at radius 1 is 1.73 bits per heavy atom. The Morgan fingerprint density at radius 2 is 2.27 bits per heavy atom. The van der Waals surface area contributed by atoms with Crippen molar-refractivity contribution in [2.45, 2.75) is 19.4 Å². The summed E-state index contributed by atoms with van der Waals surface area (Å²) < 4.78 is 1.44. The summed E-state index contributed by atoms with van der Waals surface area (Å²) in [6.45, 7) is 3.17. The van der Waals surface area contributed by atoms with Gasteiger partial charge in [-0.1, -0.05) is 0 Å². The second-order valence-corrected chi connectivity index (χ2v) is 3.17. The molecule has 62 valence electrons. The lowest BCUT2D eigenvalue weighted by Gasteiger charge is -2.14. The summed E-state index contributed by atoms with van der Waals surface area (Å²) in [6, 6.07) is 0. The summed E-state index contributed by atoms with van der Waals surface area (Å²) in [4.78, 5) is 0. The number of hydrogen-bond donors (Lipinski definition) is 3. The predicted molar refractivity (Wildman–Crippen MR) is 42.8 cm³/mol. The highest BCUT2D eigenvalue weighted by atomic mass is 32.1. The van der Waals surface area contributed by atoms with Gasteiger partial charge in [-0.25, -0.2) is 4.68 Å². The van der Waals surface area contributed by atoms with Crippen LogP contribution >= 0.6 is 12.2 Å². The smallest absolute Gasteiger partial charge is 0.214 e. The van der Waals surface area contributed by atoms with Gasteiger partial charge in [0.15, 0.2) is 5.82 Å². The van der Waals surface area contributed by atoms with E-state index in [1.807, 2.05) is 0 Å². The van der Waals surface area contributed by atoms with Crippen molar-refractivity contribution >= 4 is 12.2 Å². The maximum Gasteiger partial charge on any atom is 0.214 e. The van der Waals surface area contributed by atoms with Crippen LogP contribution in [0.15, 0.2) is 0 Å². The van der Waals surface area contributed by atoms with E-state index in [4.69, 9.17) is 18.1 Å². The van der Waals surface area contributed by atoms with Crippen LogP contribution in [0.2, 0.25) is 0 Å². The van der Waals surface area contributed by atoms with Gasteiger partial charge in [0, 0.05) is 0 Å². The Hall–Kier alpha value is -0.880. The molecule has 0 unspecified atom stereocenters. The molecule has 0 spiro atoms. The molecule has 1 heterocycles. The molecular formula is C5H10N4OS. The number of hydrogen-bond acceptors (Lipinski definition) is 4. The number of rotatable bonds is 1. The molecule has 6 heteroatoms. The van der Waals surface area contributed by atoms with Crippen LogP contribution in [0, 0.1) is 4.77 Å². The lowest BCUT2D eigenvalue weighted by atomic mass is 10.1. The van der Waals surface area contributed by atoms with Crippen LogP contribution in [-0.2, 0) is 5.60 Å². The molecule has 1 aromatic rings. The van der Waals surface area contributed by atoms with Crippen molar-refractivity contribution in [3.8, 4) is 0 Å². The van der Waals surface area contributed by atoms with Gasteiger partial charge in [0.25, 0.3) is 0 Å². The number of nitrogens with two attached hydrogens (primary N) is 1. The summed E-state index contributed by atoms with van der Waals surface area (Å²) in [7, 11) is 0. The van der Waals surface area contributed by atoms with E-state index in [1.54, 1.807) is 13.8 Å². The Balaban J connectivity index is 3.26. The van der Waals surface area contributed by atoms with Gasteiger partial charge in [-0.2, -0.15) is 5.10 Å². The molecule has 11 heavy (non-hydrogen) atoms. The average molecular weight is 174 g/mol. The zero-order valence-electron chi connectivity index (χ0n) is 6.33. The lowest BCUT2D eigenvalue weighted by molar-refractivity contribution is 0.0660.